The summed E-state index contributed by atoms with van der Waals surface area (Å²) in [5.41, 5.74) is 5.19. The van der Waals surface area contributed by atoms with Crippen LogP contribution in [0, 0.1) is 5.92 Å². The molecule has 0 fully saturated rings. The summed E-state index contributed by atoms with van der Waals surface area (Å²) in [6.07, 6.45) is 3.11. The minimum Gasteiger partial charge on any atom is -0.449 e. The maximum absolute atomic E-state index is 12.2. The van der Waals surface area contributed by atoms with Gasteiger partial charge in [0, 0.05) is 42.5 Å². The molecule has 2 aromatic rings. The standard InChI is InChI=1S/C21H26BrN3O2/c1-4-25(5-2)21(26)27-12-13-9-15-14-7-6-8-17-19(14)16(20(22)23-17)10-18(15)24(3)11-13/h6-9,13,18,23H,4-5,10-12H2,1-3H3/t13-,18-/m1/s1. The lowest BCUT2D eigenvalue weighted by molar-refractivity contribution is 0.0879. The molecule has 6 heteroatoms. The van der Waals surface area contributed by atoms with Crippen molar-refractivity contribution in [2.24, 2.45) is 5.92 Å². The fourth-order valence-electron chi connectivity index (χ4n) is 4.45. The van der Waals surface area contributed by atoms with Crippen LogP contribution in [0.3, 0.4) is 0 Å². The molecule has 0 saturated heterocycles. The number of carbonyl (C=O) groups excluding carboxylic acids is 1. The summed E-state index contributed by atoms with van der Waals surface area (Å²) in [6.45, 7) is 6.62. The zero-order valence-electron chi connectivity index (χ0n) is 16.1. The van der Waals surface area contributed by atoms with Crippen LogP contribution in [-0.2, 0) is 11.2 Å². The number of rotatable bonds is 4. The van der Waals surface area contributed by atoms with Crippen LogP contribution in [0.25, 0.3) is 16.5 Å². The molecule has 1 aliphatic carbocycles. The second-order valence-electron chi connectivity index (χ2n) is 7.44. The zero-order valence-corrected chi connectivity index (χ0v) is 17.7. The highest BCUT2D eigenvalue weighted by Gasteiger charge is 2.35. The number of benzene rings is 1. The van der Waals surface area contributed by atoms with Gasteiger partial charge in [0.2, 0.25) is 0 Å². The molecule has 27 heavy (non-hydrogen) atoms. The van der Waals surface area contributed by atoms with Gasteiger partial charge in [-0.3, -0.25) is 4.90 Å². The predicted octanol–water partition coefficient (Wildman–Crippen LogP) is 4.28. The molecule has 144 valence electrons. The number of H-pyrrole nitrogens is 1. The quantitative estimate of drug-likeness (QED) is 0.785. The summed E-state index contributed by atoms with van der Waals surface area (Å²) < 4.78 is 6.69. The Morgan fingerprint density at radius 3 is 2.89 bits per heavy atom. The largest absolute Gasteiger partial charge is 0.449 e. The van der Waals surface area contributed by atoms with Crippen molar-refractivity contribution in [2.45, 2.75) is 26.3 Å². The lowest BCUT2D eigenvalue weighted by Gasteiger charge is -2.40. The zero-order chi connectivity index (χ0) is 19.1. The summed E-state index contributed by atoms with van der Waals surface area (Å²) in [5.74, 6) is 0.208. The van der Waals surface area contributed by atoms with Crippen molar-refractivity contribution < 1.29 is 9.53 Å². The van der Waals surface area contributed by atoms with Gasteiger partial charge in [0.05, 0.1) is 4.60 Å². The van der Waals surface area contributed by atoms with E-state index in [2.05, 4.69) is 57.1 Å². The number of aromatic nitrogens is 1. The molecule has 0 spiro atoms. The number of carbonyl (C=O) groups is 1. The van der Waals surface area contributed by atoms with E-state index in [1.165, 1.54) is 27.6 Å². The van der Waals surface area contributed by atoms with Crippen molar-refractivity contribution in [2.75, 3.05) is 33.3 Å². The average Bonchev–Trinajstić information content (AvgIpc) is 2.99. The Bertz CT molecular complexity index is 900. The Morgan fingerprint density at radius 2 is 2.15 bits per heavy atom. The van der Waals surface area contributed by atoms with Gasteiger partial charge in [0.25, 0.3) is 0 Å². The number of hydrogen-bond acceptors (Lipinski definition) is 3. The van der Waals surface area contributed by atoms with Gasteiger partial charge in [-0.2, -0.15) is 0 Å². The Kier molecular flexibility index (Phi) is 5.03. The molecule has 1 aromatic carbocycles. The summed E-state index contributed by atoms with van der Waals surface area (Å²) in [6, 6.07) is 6.81. The molecule has 4 rings (SSSR count). The van der Waals surface area contributed by atoms with E-state index in [0.29, 0.717) is 25.7 Å². The number of nitrogens with zero attached hydrogens (tertiary/aromatic N) is 2. The smallest absolute Gasteiger partial charge is 0.409 e. The first-order valence-electron chi connectivity index (χ1n) is 9.66. The van der Waals surface area contributed by atoms with Crippen LogP contribution in [0.4, 0.5) is 4.79 Å². The van der Waals surface area contributed by atoms with Gasteiger partial charge in [0.1, 0.15) is 6.61 Å². The van der Waals surface area contributed by atoms with Crippen LogP contribution in [0.1, 0.15) is 25.0 Å². The Hall–Kier alpha value is -1.79. The summed E-state index contributed by atoms with van der Waals surface area (Å²) in [7, 11) is 2.17. The topological polar surface area (TPSA) is 48.6 Å². The number of nitrogens with one attached hydrogen (secondary N) is 1. The Morgan fingerprint density at radius 1 is 1.37 bits per heavy atom. The van der Waals surface area contributed by atoms with Crippen molar-refractivity contribution in [3.63, 3.8) is 0 Å². The molecule has 2 aliphatic rings. The van der Waals surface area contributed by atoms with Crippen molar-refractivity contribution in [3.05, 3.63) is 40.0 Å². The molecule has 2 heterocycles. The molecule has 2 atom stereocenters. The van der Waals surface area contributed by atoms with Gasteiger partial charge >= 0.3 is 6.09 Å². The van der Waals surface area contributed by atoms with Gasteiger partial charge in [-0.15, -0.1) is 0 Å². The average molecular weight is 432 g/mol. The third kappa shape index (κ3) is 3.19. The molecule has 1 aromatic heterocycles. The monoisotopic (exact) mass is 431 g/mol. The van der Waals surface area contributed by atoms with Crippen LogP contribution in [-0.4, -0.2) is 60.2 Å². The molecule has 1 amide bonds. The number of fused-ring (bicyclic) bond motifs is 2. The third-order valence-corrected chi connectivity index (χ3v) is 6.53. The molecule has 0 saturated carbocycles. The molecular weight excluding hydrogens is 406 g/mol. The number of hydrogen-bond donors (Lipinski definition) is 1. The first-order chi connectivity index (χ1) is 13.0. The number of likely N-dealkylation sites (N-methyl/N-ethyl adjacent to an activating group) is 1. The third-order valence-electron chi connectivity index (χ3n) is 5.86. The van der Waals surface area contributed by atoms with Gasteiger partial charge < -0.3 is 14.6 Å². The fourth-order valence-corrected chi connectivity index (χ4v) is 5.02. The second-order valence-corrected chi connectivity index (χ2v) is 8.23. The molecule has 5 nitrogen and oxygen atoms in total. The molecule has 0 radical (unpaired) electrons. The molecule has 0 unspecified atom stereocenters. The van der Waals surface area contributed by atoms with E-state index in [9.17, 15) is 4.79 Å². The van der Waals surface area contributed by atoms with E-state index in [1.54, 1.807) is 4.90 Å². The van der Waals surface area contributed by atoms with Crippen LogP contribution in [0.15, 0.2) is 28.9 Å². The highest BCUT2D eigenvalue weighted by atomic mass is 79.9. The normalized spacial score (nSPS) is 21.7. The maximum Gasteiger partial charge on any atom is 0.409 e. The van der Waals surface area contributed by atoms with Crippen molar-refractivity contribution in [1.82, 2.24) is 14.8 Å². The van der Waals surface area contributed by atoms with Crippen LogP contribution in [0.5, 0.6) is 0 Å². The molecule has 1 N–H and O–H groups in total. The van der Waals surface area contributed by atoms with Crippen LogP contribution >= 0.6 is 15.9 Å². The fraction of sp³-hybridized carbons (Fsp3) is 0.476. The summed E-state index contributed by atoms with van der Waals surface area (Å²) in [4.78, 5) is 19.8. The molecule has 0 bridgehead atoms. The van der Waals surface area contributed by atoms with E-state index in [-0.39, 0.29) is 12.0 Å². The number of ether oxygens (including phenoxy) is 1. The van der Waals surface area contributed by atoms with Crippen molar-refractivity contribution in [1.29, 1.82) is 0 Å². The lowest BCUT2D eigenvalue weighted by Crippen LogP contribution is -2.44. The highest BCUT2D eigenvalue weighted by Crippen LogP contribution is 2.43. The van der Waals surface area contributed by atoms with Gasteiger partial charge in [0.15, 0.2) is 0 Å². The van der Waals surface area contributed by atoms with E-state index >= 15 is 0 Å². The number of halogens is 1. The highest BCUT2D eigenvalue weighted by molar-refractivity contribution is 9.10. The van der Waals surface area contributed by atoms with E-state index in [0.717, 1.165) is 17.6 Å². The molecular formula is C21H26BrN3O2. The minimum atomic E-state index is -0.217. The predicted molar refractivity (Wildman–Crippen MR) is 112 cm³/mol. The van der Waals surface area contributed by atoms with E-state index in [4.69, 9.17) is 4.74 Å². The minimum absolute atomic E-state index is 0.208. The van der Waals surface area contributed by atoms with Crippen LogP contribution in [0.2, 0.25) is 0 Å². The lowest BCUT2D eigenvalue weighted by atomic mass is 9.80. The number of amides is 1. The van der Waals surface area contributed by atoms with Crippen LogP contribution < -0.4 is 0 Å². The van der Waals surface area contributed by atoms with E-state index < -0.39 is 0 Å². The van der Waals surface area contributed by atoms with Gasteiger partial charge in [-0.25, -0.2) is 4.79 Å². The first-order valence-corrected chi connectivity index (χ1v) is 10.5. The molecule has 1 aliphatic heterocycles. The second kappa shape index (κ2) is 7.32. The maximum atomic E-state index is 12.2. The van der Waals surface area contributed by atoms with Gasteiger partial charge in [-0.1, -0.05) is 18.2 Å². The summed E-state index contributed by atoms with van der Waals surface area (Å²) in [5, 5.41) is 1.32. The Labute approximate surface area is 168 Å². The number of aromatic amines is 1. The summed E-state index contributed by atoms with van der Waals surface area (Å²) >= 11 is 3.70. The van der Waals surface area contributed by atoms with Gasteiger partial charge in [-0.05, 0) is 66.0 Å². The van der Waals surface area contributed by atoms with E-state index in [1.807, 2.05) is 13.8 Å². The SMILES string of the molecule is CCN(CC)C(=O)OC[C@@H]1C=C2c3cccc4[nH]c(Br)c(c34)C[C@H]2N(C)C1. The first kappa shape index (κ1) is 18.6. The Balaban J connectivity index is 1.62. The van der Waals surface area contributed by atoms with Crippen molar-refractivity contribution in [3.8, 4) is 0 Å². The van der Waals surface area contributed by atoms with Crippen molar-refractivity contribution >= 4 is 38.5 Å².